The van der Waals surface area contributed by atoms with Gasteiger partial charge in [-0.2, -0.15) is 4.98 Å². The Kier molecular flexibility index (Phi) is 5.33. The molecule has 0 spiro atoms. The van der Waals surface area contributed by atoms with E-state index in [1.54, 1.807) is 0 Å². The first kappa shape index (κ1) is 19.3. The zero-order valence-corrected chi connectivity index (χ0v) is 17.8. The fourth-order valence-electron chi connectivity index (χ4n) is 3.07. The number of nitrogens with zero attached hydrogens (tertiary/aromatic N) is 6. The summed E-state index contributed by atoms with van der Waals surface area (Å²) < 4.78 is 7.44. The van der Waals surface area contributed by atoms with Crippen LogP contribution in [0.15, 0.2) is 33.9 Å². The van der Waals surface area contributed by atoms with Crippen LogP contribution in [0.4, 0.5) is 5.95 Å². The van der Waals surface area contributed by atoms with Crippen LogP contribution in [-0.2, 0) is 11.2 Å². The van der Waals surface area contributed by atoms with Crippen molar-refractivity contribution < 1.29 is 4.52 Å². The minimum absolute atomic E-state index is 0.146. The van der Waals surface area contributed by atoms with E-state index >= 15 is 0 Å². The number of benzene rings is 1. The van der Waals surface area contributed by atoms with Crippen LogP contribution in [0, 0.1) is 0 Å². The van der Waals surface area contributed by atoms with Gasteiger partial charge in [-0.1, -0.05) is 61.4 Å². The molecule has 1 aromatic carbocycles. The molecule has 0 amide bonds. The third-order valence-electron chi connectivity index (χ3n) is 4.56. The average molecular weight is 419 g/mol. The van der Waals surface area contributed by atoms with E-state index in [1.807, 2.05) is 28.8 Å². The van der Waals surface area contributed by atoms with Crippen LogP contribution in [0.25, 0.3) is 5.69 Å². The van der Waals surface area contributed by atoms with Crippen LogP contribution < -0.4 is 4.90 Å². The highest BCUT2D eigenvalue weighted by Gasteiger charge is 2.25. The van der Waals surface area contributed by atoms with Crippen LogP contribution in [0.5, 0.6) is 0 Å². The molecular formula is C19H23ClN6OS. The van der Waals surface area contributed by atoms with E-state index in [4.69, 9.17) is 16.1 Å². The Morgan fingerprint density at radius 3 is 2.57 bits per heavy atom. The van der Waals surface area contributed by atoms with E-state index in [9.17, 15) is 0 Å². The van der Waals surface area contributed by atoms with E-state index in [2.05, 4.69) is 46.0 Å². The summed E-state index contributed by atoms with van der Waals surface area (Å²) in [5.41, 5.74) is 0.729. The zero-order valence-electron chi connectivity index (χ0n) is 16.2. The highest BCUT2D eigenvalue weighted by atomic mass is 35.5. The first-order chi connectivity index (χ1) is 13.4. The lowest BCUT2D eigenvalue weighted by atomic mass is 9.96. The summed E-state index contributed by atoms with van der Waals surface area (Å²) in [4.78, 5) is 6.76. The normalized spacial score (nSPS) is 14.8. The molecule has 148 valence electrons. The summed E-state index contributed by atoms with van der Waals surface area (Å²) in [6.45, 7) is 8.14. The molecule has 7 nitrogen and oxygen atoms in total. The monoisotopic (exact) mass is 418 g/mol. The predicted molar refractivity (Wildman–Crippen MR) is 110 cm³/mol. The smallest absolute Gasteiger partial charge is 0.237 e. The van der Waals surface area contributed by atoms with Gasteiger partial charge >= 0.3 is 0 Å². The SMILES string of the molecule is CC(C)(C)c1noc(CSc2nnc(N3CCCC3)n2-c2ccccc2Cl)n1. The standard InChI is InChI=1S/C19H23ClN6OS/c1-19(2,3)16-21-15(27-24-16)12-28-18-23-22-17(25-10-6-7-11-25)26(18)14-9-5-4-8-13(14)20/h4-5,8-9H,6-7,10-12H2,1-3H3. The van der Waals surface area contributed by atoms with Gasteiger partial charge in [0, 0.05) is 18.5 Å². The molecule has 0 unspecified atom stereocenters. The Morgan fingerprint density at radius 1 is 1.14 bits per heavy atom. The Bertz CT molecular complexity index is 957. The van der Waals surface area contributed by atoms with Gasteiger partial charge in [-0.05, 0) is 25.0 Å². The van der Waals surface area contributed by atoms with Gasteiger partial charge in [0.15, 0.2) is 11.0 Å². The maximum atomic E-state index is 6.49. The molecule has 1 aliphatic heterocycles. The van der Waals surface area contributed by atoms with Crippen molar-refractivity contribution in [3.8, 4) is 5.69 Å². The number of anilines is 1. The molecule has 3 heterocycles. The first-order valence-electron chi connectivity index (χ1n) is 9.34. The Morgan fingerprint density at radius 2 is 1.89 bits per heavy atom. The van der Waals surface area contributed by atoms with Gasteiger partial charge < -0.3 is 9.42 Å². The highest BCUT2D eigenvalue weighted by molar-refractivity contribution is 7.98. The molecule has 0 bridgehead atoms. The molecule has 4 rings (SSSR count). The van der Waals surface area contributed by atoms with E-state index < -0.39 is 0 Å². The summed E-state index contributed by atoms with van der Waals surface area (Å²) in [6.07, 6.45) is 2.32. The van der Waals surface area contributed by atoms with Crippen molar-refractivity contribution in [2.24, 2.45) is 0 Å². The summed E-state index contributed by atoms with van der Waals surface area (Å²) >= 11 is 8.01. The van der Waals surface area contributed by atoms with Crippen molar-refractivity contribution in [1.82, 2.24) is 24.9 Å². The second kappa shape index (κ2) is 7.75. The molecule has 2 aromatic heterocycles. The first-order valence-corrected chi connectivity index (χ1v) is 10.7. The number of hydrogen-bond acceptors (Lipinski definition) is 7. The summed E-state index contributed by atoms with van der Waals surface area (Å²) in [5, 5.41) is 14.4. The van der Waals surface area contributed by atoms with Crippen LogP contribution in [-0.4, -0.2) is 38.0 Å². The maximum absolute atomic E-state index is 6.49. The Labute approximate surface area is 173 Å². The van der Waals surface area contributed by atoms with Crippen molar-refractivity contribution in [2.45, 2.75) is 49.9 Å². The number of hydrogen-bond donors (Lipinski definition) is 0. The molecule has 3 aromatic rings. The van der Waals surface area contributed by atoms with Crippen LogP contribution >= 0.6 is 23.4 Å². The molecule has 0 radical (unpaired) electrons. The van der Waals surface area contributed by atoms with E-state index in [0.717, 1.165) is 42.7 Å². The lowest BCUT2D eigenvalue weighted by molar-refractivity contribution is 0.372. The van der Waals surface area contributed by atoms with Gasteiger partial charge in [-0.3, -0.25) is 4.57 Å². The number of rotatable bonds is 5. The lowest BCUT2D eigenvalue weighted by Gasteiger charge is -2.18. The van der Waals surface area contributed by atoms with Crippen molar-refractivity contribution >= 4 is 29.3 Å². The molecule has 0 saturated carbocycles. The molecular weight excluding hydrogens is 396 g/mol. The van der Waals surface area contributed by atoms with Crippen molar-refractivity contribution in [2.75, 3.05) is 18.0 Å². The van der Waals surface area contributed by atoms with Gasteiger partial charge in [-0.25, -0.2) is 0 Å². The zero-order chi connectivity index (χ0) is 19.7. The molecule has 1 fully saturated rings. The fraction of sp³-hybridized carbons (Fsp3) is 0.474. The Balaban J connectivity index is 1.63. The van der Waals surface area contributed by atoms with E-state index in [1.165, 1.54) is 11.8 Å². The van der Waals surface area contributed by atoms with Crippen molar-refractivity contribution in [3.63, 3.8) is 0 Å². The van der Waals surface area contributed by atoms with Crippen molar-refractivity contribution in [3.05, 3.63) is 41.0 Å². The summed E-state index contributed by atoms with van der Waals surface area (Å²) in [7, 11) is 0. The summed E-state index contributed by atoms with van der Waals surface area (Å²) in [5.74, 6) is 2.62. The third kappa shape index (κ3) is 3.89. The van der Waals surface area contributed by atoms with Crippen LogP contribution in [0.3, 0.4) is 0 Å². The number of thioether (sulfide) groups is 1. The average Bonchev–Trinajstić information content (AvgIpc) is 3.39. The predicted octanol–water partition coefficient (Wildman–Crippen LogP) is 4.49. The molecule has 0 N–H and O–H groups in total. The number of para-hydroxylation sites is 1. The van der Waals surface area contributed by atoms with Crippen LogP contribution in [0.1, 0.15) is 45.3 Å². The van der Waals surface area contributed by atoms with Gasteiger partial charge in [0.25, 0.3) is 0 Å². The van der Waals surface area contributed by atoms with Gasteiger partial charge in [0.05, 0.1) is 16.5 Å². The summed E-state index contributed by atoms with van der Waals surface area (Å²) in [6, 6.07) is 7.76. The topological polar surface area (TPSA) is 72.9 Å². The second-order valence-corrected chi connectivity index (χ2v) is 9.16. The fourth-order valence-corrected chi connectivity index (χ4v) is 4.06. The van der Waals surface area contributed by atoms with E-state index in [-0.39, 0.29) is 5.41 Å². The lowest BCUT2D eigenvalue weighted by Crippen LogP contribution is -2.22. The van der Waals surface area contributed by atoms with Crippen molar-refractivity contribution in [1.29, 1.82) is 0 Å². The number of aromatic nitrogens is 5. The molecule has 0 aliphatic carbocycles. The quantitative estimate of drug-likeness (QED) is 0.565. The Hall–Kier alpha value is -2.06. The van der Waals surface area contributed by atoms with Gasteiger partial charge in [-0.15, -0.1) is 10.2 Å². The maximum Gasteiger partial charge on any atom is 0.237 e. The molecule has 1 saturated heterocycles. The largest absolute Gasteiger partial charge is 0.341 e. The molecule has 1 aliphatic rings. The van der Waals surface area contributed by atoms with E-state index in [0.29, 0.717) is 22.5 Å². The molecule has 9 heteroatoms. The number of halogens is 1. The van der Waals surface area contributed by atoms with Gasteiger partial charge in [0.2, 0.25) is 11.8 Å². The van der Waals surface area contributed by atoms with Crippen LogP contribution in [0.2, 0.25) is 5.02 Å². The van der Waals surface area contributed by atoms with Gasteiger partial charge in [0.1, 0.15) is 0 Å². The highest BCUT2D eigenvalue weighted by Crippen LogP contribution is 2.33. The minimum Gasteiger partial charge on any atom is -0.341 e. The third-order valence-corrected chi connectivity index (χ3v) is 5.80. The second-order valence-electron chi connectivity index (χ2n) is 7.81. The molecule has 0 atom stereocenters. The minimum atomic E-state index is -0.146. The molecule has 28 heavy (non-hydrogen) atoms.